The Labute approximate surface area is 171 Å². The van der Waals surface area contributed by atoms with Gasteiger partial charge in [0.1, 0.15) is 5.56 Å². The Balaban J connectivity index is 1.69. The predicted molar refractivity (Wildman–Crippen MR) is 118 cm³/mol. The van der Waals surface area contributed by atoms with Gasteiger partial charge in [0.25, 0.3) is 11.5 Å². The zero-order valence-electron chi connectivity index (χ0n) is 17.0. The van der Waals surface area contributed by atoms with Crippen LogP contribution in [0.5, 0.6) is 0 Å². The van der Waals surface area contributed by atoms with Crippen LogP contribution in [0.3, 0.4) is 0 Å². The van der Waals surface area contributed by atoms with E-state index in [1.54, 1.807) is 12.1 Å². The Morgan fingerprint density at radius 1 is 1.00 bits per heavy atom. The van der Waals surface area contributed by atoms with Gasteiger partial charge in [-0.25, -0.2) is 0 Å². The first-order chi connectivity index (χ1) is 13.9. The number of hydrogen-bond acceptors (Lipinski definition) is 3. The van der Waals surface area contributed by atoms with E-state index >= 15 is 0 Å². The van der Waals surface area contributed by atoms with Crippen molar-refractivity contribution in [3.63, 3.8) is 0 Å². The molecule has 150 valence electrons. The van der Waals surface area contributed by atoms with Crippen LogP contribution in [0, 0.1) is 12.8 Å². The summed E-state index contributed by atoms with van der Waals surface area (Å²) in [7, 11) is 0. The van der Waals surface area contributed by atoms with Crippen molar-refractivity contribution < 1.29 is 4.79 Å². The van der Waals surface area contributed by atoms with Gasteiger partial charge in [-0.2, -0.15) is 0 Å². The van der Waals surface area contributed by atoms with Crippen molar-refractivity contribution in [3.8, 4) is 11.3 Å². The van der Waals surface area contributed by atoms with E-state index in [-0.39, 0.29) is 17.5 Å². The van der Waals surface area contributed by atoms with Gasteiger partial charge in [-0.15, -0.1) is 0 Å². The third-order valence-corrected chi connectivity index (χ3v) is 4.90. The van der Waals surface area contributed by atoms with Crippen LogP contribution in [-0.2, 0) is 0 Å². The van der Waals surface area contributed by atoms with Gasteiger partial charge in [-0.1, -0.05) is 55.8 Å². The first-order valence-corrected chi connectivity index (χ1v) is 9.84. The monoisotopic (exact) mass is 389 g/mol. The second kappa shape index (κ2) is 9.24. The van der Waals surface area contributed by atoms with Gasteiger partial charge in [-0.05, 0) is 48.7 Å². The van der Waals surface area contributed by atoms with Gasteiger partial charge in [0, 0.05) is 24.0 Å². The van der Waals surface area contributed by atoms with E-state index in [1.807, 2.05) is 61.5 Å². The average Bonchev–Trinajstić information content (AvgIpc) is 2.71. The van der Waals surface area contributed by atoms with Gasteiger partial charge < -0.3 is 15.6 Å². The van der Waals surface area contributed by atoms with Gasteiger partial charge >= 0.3 is 0 Å². The van der Waals surface area contributed by atoms with Crippen molar-refractivity contribution in [3.05, 3.63) is 88.2 Å². The predicted octanol–water partition coefficient (Wildman–Crippen LogP) is 4.22. The Kier molecular flexibility index (Phi) is 6.50. The number of hydrogen-bond donors (Lipinski definition) is 3. The summed E-state index contributed by atoms with van der Waals surface area (Å²) in [5, 5.41) is 6.32. The second-order valence-electron chi connectivity index (χ2n) is 7.56. The van der Waals surface area contributed by atoms with Crippen LogP contribution in [0.15, 0.2) is 71.5 Å². The molecule has 3 aromatic rings. The molecule has 5 nitrogen and oxygen atoms in total. The molecule has 29 heavy (non-hydrogen) atoms. The number of carbonyl (C=O) groups is 1. The van der Waals surface area contributed by atoms with Crippen LogP contribution in [0.1, 0.15) is 29.8 Å². The van der Waals surface area contributed by atoms with Gasteiger partial charge in [0.2, 0.25) is 0 Å². The number of anilines is 1. The minimum atomic E-state index is -0.390. The number of para-hydroxylation sites is 1. The molecule has 1 aromatic heterocycles. The summed E-state index contributed by atoms with van der Waals surface area (Å²) >= 11 is 0. The highest BCUT2D eigenvalue weighted by Gasteiger charge is 2.17. The number of rotatable bonds is 7. The van der Waals surface area contributed by atoms with Crippen LogP contribution in [0.25, 0.3) is 11.3 Å². The molecule has 0 aliphatic rings. The molecule has 3 rings (SSSR count). The molecular weight excluding hydrogens is 362 g/mol. The number of aryl methyl sites for hydroxylation is 1. The van der Waals surface area contributed by atoms with Crippen molar-refractivity contribution in [2.24, 2.45) is 5.92 Å². The molecule has 1 amide bonds. The van der Waals surface area contributed by atoms with E-state index in [2.05, 4.69) is 29.5 Å². The fourth-order valence-corrected chi connectivity index (χ4v) is 3.13. The average molecular weight is 389 g/mol. The van der Waals surface area contributed by atoms with Gasteiger partial charge in [-0.3, -0.25) is 9.59 Å². The maximum Gasteiger partial charge on any atom is 0.261 e. The van der Waals surface area contributed by atoms with Crippen LogP contribution in [-0.4, -0.2) is 23.5 Å². The maximum atomic E-state index is 12.6. The first-order valence-electron chi connectivity index (χ1n) is 9.84. The quantitative estimate of drug-likeness (QED) is 0.566. The van der Waals surface area contributed by atoms with E-state index in [0.717, 1.165) is 16.8 Å². The van der Waals surface area contributed by atoms with E-state index in [4.69, 9.17) is 0 Å². The maximum absolute atomic E-state index is 12.6. The van der Waals surface area contributed by atoms with E-state index in [1.165, 1.54) is 0 Å². The number of amides is 1. The van der Waals surface area contributed by atoms with E-state index in [0.29, 0.717) is 18.2 Å². The van der Waals surface area contributed by atoms with Crippen molar-refractivity contribution >= 4 is 11.6 Å². The lowest BCUT2D eigenvalue weighted by Crippen LogP contribution is -2.41. The lowest BCUT2D eigenvalue weighted by molar-refractivity contribution is 0.0949. The lowest BCUT2D eigenvalue weighted by Gasteiger charge is -2.24. The Bertz CT molecular complexity index is 1030. The number of benzene rings is 2. The van der Waals surface area contributed by atoms with E-state index in [9.17, 15) is 9.59 Å². The molecule has 0 bridgehead atoms. The standard InChI is InChI=1S/C24H27N3O2/c1-16(2)22(26-19-10-5-4-6-11-19)15-25-23(28)20-12-13-21(27-24(20)29)18-9-7-8-17(3)14-18/h4-14,16,22,26H,15H2,1-3H3,(H,25,28)(H,27,29). The van der Waals surface area contributed by atoms with Crippen LogP contribution < -0.4 is 16.2 Å². The summed E-state index contributed by atoms with van der Waals surface area (Å²) in [5.74, 6) is -0.0694. The summed E-state index contributed by atoms with van der Waals surface area (Å²) in [4.78, 5) is 27.9. The number of carbonyl (C=O) groups excluding carboxylic acids is 1. The summed E-state index contributed by atoms with van der Waals surface area (Å²) in [6.45, 7) is 6.61. The lowest BCUT2D eigenvalue weighted by atomic mass is 10.0. The number of pyridine rings is 1. The molecule has 3 N–H and O–H groups in total. The molecule has 0 spiro atoms. The molecular formula is C24H27N3O2. The molecule has 1 unspecified atom stereocenters. The first kappa shape index (κ1) is 20.4. The fraction of sp³-hybridized carbons (Fsp3) is 0.250. The Morgan fingerprint density at radius 3 is 2.41 bits per heavy atom. The van der Waals surface area contributed by atoms with Crippen LogP contribution in [0.2, 0.25) is 0 Å². The number of aromatic amines is 1. The molecule has 2 aromatic carbocycles. The smallest absolute Gasteiger partial charge is 0.261 e. The minimum absolute atomic E-state index is 0.0481. The van der Waals surface area contributed by atoms with Crippen molar-refractivity contribution in [1.82, 2.24) is 10.3 Å². The molecule has 0 saturated heterocycles. The third kappa shape index (κ3) is 5.35. The number of aromatic nitrogens is 1. The second-order valence-corrected chi connectivity index (χ2v) is 7.56. The Morgan fingerprint density at radius 2 is 1.76 bits per heavy atom. The largest absolute Gasteiger partial charge is 0.380 e. The molecule has 1 atom stereocenters. The third-order valence-electron chi connectivity index (χ3n) is 4.90. The van der Waals surface area contributed by atoms with Gasteiger partial charge in [0.15, 0.2) is 0 Å². The SMILES string of the molecule is Cc1cccc(-c2ccc(C(=O)NCC(Nc3ccccc3)C(C)C)c(=O)[nH]2)c1. The summed E-state index contributed by atoms with van der Waals surface area (Å²) in [5.41, 5.74) is 3.45. The van der Waals surface area contributed by atoms with E-state index < -0.39 is 5.56 Å². The molecule has 5 heteroatoms. The fourth-order valence-electron chi connectivity index (χ4n) is 3.13. The Hall–Kier alpha value is -3.34. The molecule has 0 saturated carbocycles. The molecule has 0 aliphatic carbocycles. The summed E-state index contributed by atoms with van der Waals surface area (Å²) in [6.07, 6.45) is 0. The normalized spacial score (nSPS) is 11.9. The van der Waals surface area contributed by atoms with Crippen LogP contribution in [0.4, 0.5) is 5.69 Å². The highest BCUT2D eigenvalue weighted by molar-refractivity contribution is 5.94. The van der Waals surface area contributed by atoms with Crippen LogP contribution >= 0.6 is 0 Å². The summed E-state index contributed by atoms with van der Waals surface area (Å²) in [6, 6.07) is 21.1. The topological polar surface area (TPSA) is 74.0 Å². The summed E-state index contributed by atoms with van der Waals surface area (Å²) < 4.78 is 0. The molecule has 0 radical (unpaired) electrons. The molecule has 0 fully saturated rings. The molecule has 0 aliphatic heterocycles. The zero-order chi connectivity index (χ0) is 20.8. The molecule has 1 heterocycles. The number of H-pyrrole nitrogens is 1. The van der Waals surface area contributed by atoms with Gasteiger partial charge in [0.05, 0.1) is 0 Å². The van der Waals surface area contributed by atoms with Crippen molar-refractivity contribution in [2.45, 2.75) is 26.8 Å². The highest BCUT2D eigenvalue weighted by Crippen LogP contribution is 2.17. The highest BCUT2D eigenvalue weighted by atomic mass is 16.2. The number of nitrogens with one attached hydrogen (secondary N) is 3. The van der Waals surface area contributed by atoms with Crippen molar-refractivity contribution in [2.75, 3.05) is 11.9 Å². The van der Waals surface area contributed by atoms with Crippen molar-refractivity contribution in [1.29, 1.82) is 0 Å². The zero-order valence-corrected chi connectivity index (χ0v) is 17.0. The minimum Gasteiger partial charge on any atom is -0.380 e.